The highest BCUT2D eigenvalue weighted by Gasteiger charge is 2.51. The monoisotopic (exact) mass is 543 g/mol. The number of fused-ring (bicyclic) bond motifs is 1. The second kappa shape index (κ2) is 9.72. The summed E-state index contributed by atoms with van der Waals surface area (Å²) in [6.45, 7) is 5.16. The predicted octanol–water partition coefficient (Wildman–Crippen LogP) is 4.03. The van der Waals surface area contributed by atoms with E-state index < -0.39 is 11.6 Å². The molecule has 11 heteroatoms. The SMILES string of the molecule is C[C@H]1CCCN(Cc2cc(C(=O)Nc3cc(C4(c5nncn5C)CC(F)C4)cc(C4CC4)n3)c3nncn3c2)C1. The van der Waals surface area contributed by atoms with E-state index in [-0.39, 0.29) is 5.91 Å². The lowest BCUT2D eigenvalue weighted by Gasteiger charge is -2.43. The fourth-order valence-electron chi connectivity index (χ4n) is 6.56. The lowest BCUT2D eigenvalue weighted by Crippen LogP contribution is -2.45. The van der Waals surface area contributed by atoms with Gasteiger partial charge >= 0.3 is 0 Å². The Morgan fingerprint density at radius 3 is 2.67 bits per heavy atom. The molecule has 2 aliphatic carbocycles. The van der Waals surface area contributed by atoms with Gasteiger partial charge in [-0.1, -0.05) is 6.92 Å². The minimum Gasteiger partial charge on any atom is -0.320 e. The Balaban J connectivity index is 1.22. The minimum atomic E-state index is -0.904. The summed E-state index contributed by atoms with van der Waals surface area (Å²) < 4.78 is 18.1. The molecule has 0 spiro atoms. The van der Waals surface area contributed by atoms with Crippen LogP contribution in [0.25, 0.3) is 5.65 Å². The number of halogens is 1. The molecule has 40 heavy (non-hydrogen) atoms. The first-order valence-electron chi connectivity index (χ1n) is 14.2. The number of aromatic nitrogens is 7. The van der Waals surface area contributed by atoms with Gasteiger partial charge in [-0.2, -0.15) is 0 Å². The van der Waals surface area contributed by atoms with Crippen LogP contribution in [-0.2, 0) is 19.0 Å². The second-order valence-corrected chi connectivity index (χ2v) is 12.1. The third kappa shape index (κ3) is 4.55. The molecule has 4 aromatic rings. The molecule has 208 valence electrons. The predicted molar refractivity (Wildman–Crippen MR) is 147 cm³/mol. The van der Waals surface area contributed by atoms with E-state index >= 15 is 0 Å². The molecule has 1 atom stereocenters. The number of pyridine rings is 2. The number of hydrogen-bond donors (Lipinski definition) is 1. The normalized spacial score (nSPS) is 25.2. The lowest BCUT2D eigenvalue weighted by atomic mass is 9.62. The Morgan fingerprint density at radius 2 is 1.95 bits per heavy atom. The van der Waals surface area contributed by atoms with Crippen LogP contribution in [-0.4, -0.2) is 64.4 Å². The van der Waals surface area contributed by atoms with E-state index in [1.807, 2.05) is 34.3 Å². The van der Waals surface area contributed by atoms with E-state index in [9.17, 15) is 9.18 Å². The van der Waals surface area contributed by atoms with Crippen LogP contribution in [0.4, 0.5) is 10.2 Å². The van der Waals surface area contributed by atoms with Crippen LogP contribution in [0.2, 0.25) is 0 Å². The van der Waals surface area contributed by atoms with Crippen molar-refractivity contribution in [2.24, 2.45) is 13.0 Å². The van der Waals surface area contributed by atoms with E-state index in [1.165, 1.54) is 12.8 Å². The number of anilines is 1. The van der Waals surface area contributed by atoms with Gasteiger partial charge in [0, 0.05) is 37.9 Å². The molecule has 3 fully saturated rings. The minimum absolute atomic E-state index is 0.289. The van der Waals surface area contributed by atoms with Gasteiger partial charge in [0.25, 0.3) is 5.91 Å². The number of rotatable bonds is 7. The molecule has 4 aromatic heterocycles. The summed E-state index contributed by atoms with van der Waals surface area (Å²) in [5.74, 6) is 1.93. The Hall–Kier alpha value is -3.73. The van der Waals surface area contributed by atoms with Crippen LogP contribution in [0.5, 0.6) is 0 Å². The smallest absolute Gasteiger partial charge is 0.260 e. The summed E-state index contributed by atoms with van der Waals surface area (Å²) in [5.41, 5.74) is 3.25. The molecule has 5 heterocycles. The van der Waals surface area contributed by atoms with E-state index in [0.717, 1.165) is 55.1 Å². The topological polar surface area (TPSA) is 106 Å². The van der Waals surface area contributed by atoms with Crippen molar-refractivity contribution in [3.05, 3.63) is 65.3 Å². The van der Waals surface area contributed by atoms with E-state index in [0.29, 0.717) is 41.7 Å². The molecule has 1 amide bonds. The molecule has 0 aromatic carbocycles. The van der Waals surface area contributed by atoms with Gasteiger partial charge in [-0.3, -0.25) is 14.1 Å². The Bertz CT molecular complexity index is 1570. The number of amides is 1. The van der Waals surface area contributed by atoms with Gasteiger partial charge in [-0.15, -0.1) is 20.4 Å². The molecule has 0 radical (unpaired) electrons. The van der Waals surface area contributed by atoms with Gasteiger partial charge in [-0.25, -0.2) is 9.37 Å². The zero-order valence-electron chi connectivity index (χ0n) is 22.9. The molecular weight excluding hydrogens is 509 g/mol. The maximum absolute atomic E-state index is 14.4. The van der Waals surface area contributed by atoms with Crippen molar-refractivity contribution in [3.8, 4) is 0 Å². The second-order valence-electron chi connectivity index (χ2n) is 12.1. The highest BCUT2D eigenvalue weighted by Crippen LogP contribution is 2.51. The molecule has 1 N–H and O–H groups in total. The van der Waals surface area contributed by atoms with Crippen LogP contribution in [0.15, 0.2) is 37.1 Å². The number of hydrogen-bond acceptors (Lipinski definition) is 7. The standard InChI is InChI=1S/C29H34FN9O/c1-18-4-3-7-38(13-18)14-19-8-23(26-35-32-17-39(26)15-19)27(40)34-25-10-21(9-24(33-25)20-5-6-20)29(11-22(30)12-29)28-36-31-16-37(28)2/h8-10,15-18,20,22H,3-7,11-14H2,1-2H3,(H,33,34,40)/t18-,22?,29?/m0/s1. The van der Waals surface area contributed by atoms with Gasteiger partial charge < -0.3 is 9.88 Å². The van der Waals surface area contributed by atoms with Crippen molar-refractivity contribution >= 4 is 17.4 Å². The number of nitrogens with zero attached hydrogens (tertiary/aromatic N) is 8. The molecule has 3 aliphatic rings. The Morgan fingerprint density at radius 1 is 1.12 bits per heavy atom. The van der Waals surface area contributed by atoms with Crippen molar-refractivity contribution in [2.75, 3.05) is 18.4 Å². The number of carbonyl (C=O) groups excluding carboxylic acids is 1. The molecular formula is C29H34FN9O. The van der Waals surface area contributed by atoms with Crippen LogP contribution >= 0.6 is 0 Å². The van der Waals surface area contributed by atoms with Crippen LogP contribution in [0, 0.1) is 5.92 Å². The van der Waals surface area contributed by atoms with Gasteiger partial charge in [0.2, 0.25) is 0 Å². The average molecular weight is 544 g/mol. The first kappa shape index (κ1) is 25.3. The van der Waals surface area contributed by atoms with Crippen molar-refractivity contribution in [1.29, 1.82) is 0 Å². The van der Waals surface area contributed by atoms with Crippen molar-refractivity contribution in [3.63, 3.8) is 0 Å². The molecule has 0 unspecified atom stereocenters. The molecule has 7 rings (SSSR count). The van der Waals surface area contributed by atoms with Crippen molar-refractivity contribution in [1.82, 2.24) is 39.2 Å². The van der Waals surface area contributed by atoms with Crippen LogP contribution in [0.3, 0.4) is 0 Å². The van der Waals surface area contributed by atoms with Crippen molar-refractivity contribution < 1.29 is 9.18 Å². The quantitative estimate of drug-likeness (QED) is 0.375. The highest BCUT2D eigenvalue weighted by molar-refractivity contribution is 6.08. The molecule has 1 aliphatic heterocycles. The number of carbonyl (C=O) groups is 1. The molecule has 2 saturated carbocycles. The number of nitrogens with one attached hydrogen (secondary N) is 1. The zero-order valence-corrected chi connectivity index (χ0v) is 22.9. The van der Waals surface area contributed by atoms with Gasteiger partial charge in [0.15, 0.2) is 5.65 Å². The summed E-state index contributed by atoms with van der Waals surface area (Å²) >= 11 is 0. The summed E-state index contributed by atoms with van der Waals surface area (Å²) in [4.78, 5) is 21.0. The first-order valence-corrected chi connectivity index (χ1v) is 14.2. The third-order valence-corrected chi connectivity index (χ3v) is 8.75. The van der Waals surface area contributed by atoms with Gasteiger partial charge in [0.1, 0.15) is 30.5 Å². The Kier molecular flexibility index (Phi) is 6.14. The maximum atomic E-state index is 14.4. The summed E-state index contributed by atoms with van der Waals surface area (Å²) in [6, 6.07) is 5.88. The summed E-state index contributed by atoms with van der Waals surface area (Å²) in [7, 11) is 1.88. The number of likely N-dealkylation sites (tertiary alicyclic amines) is 1. The molecule has 1 saturated heterocycles. The summed E-state index contributed by atoms with van der Waals surface area (Å²) in [5, 5.41) is 19.8. The third-order valence-electron chi connectivity index (χ3n) is 8.75. The first-order chi connectivity index (χ1) is 19.4. The van der Waals surface area contributed by atoms with E-state index in [1.54, 1.807) is 12.7 Å². The zero-order chi connectivity index (χ0) is 27.4. The fourth-order valence-corrected chi connectivity index (χ4v) is 6.56. The number of aryl methyl sites for hydroxylation is 1. The lowest BCUT2D eigenvalue weighted by molar-refractivity contribution is 0.102. The average Bonchev–Trinajstić information content (AvgIpc) is 3.51. The van der Waals surface area contributed by atoms with Crippen molar-refractivity contribution in [2.45, 2.75) is 69.5 Å². The highest BCUT2D eigenvalue weighted by atomic mass is 19.1. The Labute approximate surface area is 232 Å². The largest absolute Gasteiger partial charge is 0.320 e. The van der Waals surface area contributed by atoms with E-state index in [2.05, 4.69) is 43.6 Å². The van der Waals surface area contributed by atoms with Crippen LogP contribution in [0.1, 0.15) is 84.4 Å². The number of alkyl halides is 1. The fraction of sp³-hybridized carbons (Fsp3) is 0.517. The van der Waals surface area contributed by atoms with Crippen LogP contribution < -0.4 is 5.32 Å². The maximum Gasteiger partial charge on any atom is 0.260 e. The van der Waals surface area contributed by atoms with Gasteiger partial charge in [-0.05, 0) is 80.3 Å². The van der Waals surface area contributed by atoms with E-state index in [4.69, 9.17) is 4.98 Å². The molecule has 10 nitrogen and oxygen atoms in total. The summed E-state index contributed by atoms with van der Waals surface area (Å²) in [6.07, 6.45) is 9.61. The van der Waals surface area contributed by atoms with Gasteiger partial charge in [0.05, 0.1) is 11.0 Å². The molecule has 0 bridgehead atoms. The number of piperidine rings is 1.